The molecule has 2 amide bonds. The van der Waals surface area contributed by atoms with Gasteiger partial charge in [-0.15, -0.1) is 0 Å². The third-order valence-electron chi connectivity index (χ3n) is 5.40. The molecule has 2 aromatic rings. The first-order valence-corrected chi connectivity index (χ1v) is 11.0. The van der Waals surface area contributed by atoms with Gasteiger partial charge in [0.1, 0.15) is 13.2 Å². The molecule has 1 saturated carbocycles. The summed E-state index contributed by atoms with van der Waals surface area (Å²) in [5.41, 5.74) is 2.37. The smallest absolute Gasteiger partial charge is 0.340 e. The SMILES string of the molecule is COC(=O)c1cc(Cl)ccc1NC(=O)COCC(=O)Nc1ccc(C2CCCCC2)cc1. The molecule has 3 rings (SSSR count). The maximum Gasteiger partial charge on any atom is 0.340 e. The largest absolute Gasteiger partial charge is 0.465 e. The second kappa shape index (κ2) is 11.6. The molecule has 1 aliphatic carbocycles. The number of rotatable bonds is 8. The van der Waals surface area contributed by atoms with Crippen molar-refractivity contribution in [2.45, 2.75) is 38.0 Å². The highest BCUT2D eigenvalue weighted by atomic mass is 35.5. The summed E-state index contributed by atoms with van der Waals surface area (Å²) >= 11 is 5.90. The van der Waals surface area contributed by atoms with Crippen LogP contribution in [0.25, 0.3) is 0 Å². The number of anilines is 2. The molecule has 0 spiro atoms. The van der Waals surface area contributed by atoms with Gasteiger partial charge in [-0.25, -0.2) is 4.79 Å². The van der Waals surface area contributed by atoms with Gasteiger partial charge in [0.2, 0.25) is 11.8 Å². The zero-order chi connectivity index (χ0) is 22.9. The Morgan fingerprint density at radius 1 is 0.938 bits per heavy atom. The van der Waals surface area contributed by atoms with Gasteiger partial charge in [-0.05, 0) is 54.7 Å². The summed E-state index contributed by atoms with van der Waals surface area (Å²) in [6, 6.07) is 12.3. The van der Waals surface area contributed by atoms with Crippen LogP contribution in [0.2, 0.25) is 5.02 Å². The Hall–Kier alpha value is -2.90. The van der Waals surface area contributed by atoms with E-state index in [1.54, 1.807) is 0 Å². The van der Waals surface area contributed by atoms with Gasteiger partial charge < -0.3 is 20.1 Å². The number of hydrogen-bond acceptors (Lipinski definition) is 5. The topological polar surface area (TPSA) is 93.7 Å². The molecule has 1 aliphatic rings. The number of amides is 2. The van der Waals surface area contributed by atoms with Crippen LogP contribution in [0.4, 0.5) is 11.4 Å². The summed E-state index contributed by atoms with van der Waals surface area (Å²) in [7, 11) is 1.24. The van der Waals surface area contributed by atoms with Gasteiger partial charge >= 0.3 is 5.97 Å². The maximum absolute atomic E-state index is 12.1. The van der Waals surface area contributed by atoms with E-state index in [4.69, 9.17) is 21.1 Å². The van der Waals surface area contributed by atoms with Crippen molar-refractivity contribution in [3.8, 4) is 0 Å². The van der Waals surface area contributed by atoms with Crippen LogP contribution in [0.15, 0.2) is 42.5 Å². The first-order chi connectivity index (χ1) is 15.5. The van der Waals surface area contributed by atoms with Crippen LogP contribution in [0.5, 0.6) is 0 Å². The summed E-state index contributed by atoms with van der Waals surface area (Å²) in [5, 5.41) is 5.66. The van der Waals surface area contributed by atoms with Gasteiger partial charge in [0.25, 0.3) is 0 Å². The minimum absolute atomic E-state index is 0.128. The van der Waals surface area contributed by atoms with E-state index in [2.05, 4.69) is 22.8 Å². The van der Waals surface area contributed by atoms with Crippen molar-refractivity contribution in [1.29, 1.82) is 0 Å². The minimum atomic E-state index is -0.627. The fourth-order valence-corrected chi connectivity index (χ4v) is 3.97. The van der Waals surface area contributed by atoms with E-state index in [9.17, 15) is 14.4 Å². The van der Waals surface area contributed by atoms with Crippen molar-refractivity contribution in [2.24, 2.45) is 0 Å². The van der Waals surface area contributed by atoms with E-state index in [1.165, 1.54) is 63.0 Å². The lowest BCUT2D eigenvalue weighted by Gasteiger charge is -2.22. The number of benzene rings is 2. The van der Waals surface area contributed by atoms with E-state index in [1.807, 2.05) is 12.1 Å². The Morgan fingerprint density at radius 3 is 2.25 bits per heavy atom. The number of nitrogens with one attached hydrogen (secondary N) is 2. The molecule has 170 valence electrons. The molecule has 0 radical (unpaired) electrons. The number of esters is 1. The first-order valence-electron chi connectivity index (χ1n) is 10.6. The number of carbonyl (C=O) groups is 3. The summed E-state index contributed by atoms with van der Waals surface area (Å²) in [6.07, 6.45) is 6.30. The minimum Gasteiger partial charge on any atom is -0.465 e. The number of ether oxygens (including phenoxy) is 2. The number of halogens is 1. The quantitative estimate of drug-likeness (QED) is 0.556. The highest BCUT2D eigenvalue weighted by Crippen LogP contribution is 2.33. The van der Waals surface area contributed by atoms with Crippen molar-refractivity contribution < 1.29 is 23.9 Å². The van der Waals surface area contributed by atoms with Crippen molar-refractivity contribution in [2.75, 3.05) is 31.0 Å². The molecular weight excluding hydrogens is 432 g/mol. The molecule has 0 aliphatic heterocycles. The monoisotopic (exact) mass is 458 g/mol. The molecule has 0 bridgehead atoms. The van der Waals surface area contributed by atoms with Crippen LogP contribution in [-0.4, -0.2) is 38.1 Å². The van der Waals surface area contributed by atoms with Gasteiger partial charge in [-0.3, -0.25) is 9.59 Å². The number of carbonyl (C=O) groups excluding carboxylic acids is 3. The lowest BCUT2D eigenvalue weighted by Crippen LogP contribution is -2.24. The Morgan fingerprint density at radius 2 is 1.59 bits per heavy atom. The molecule has 0 heterocycles. The summed E-state index contributed by atoms with van der Waals surface area (Å²) in [6.45, 7) is -0.625. The normalized spacial score (nSPS) is 13.9. The number of methoxy groups -OCH3 is 1. The van der Waals surface area contributed by atoms with Crippen LogP contribution in [0, 0.1) is 0 Å². The van der Waals surface area contributed by atoms with Gasteiger partial charge in [0.15, 0.2) is 0 Å². The standard InChI is InChI=1S/C24H27ClN2O5/c1-31-24(30)20-13-18(25)9-12-21(20)27-23(29)15-32-14-22(28)26-19-10-7-17(8-11-19)16-5-3-2-4-6-16/h7-13,16H,2-6,14-15H2,1H3,(H,26,28)(H,27,29). The van der Waals surface area contributed by atoms with Crippen molar-refractivity contribution in [3.63, 3.8) is 0 Å². The molecule has 0 unspecified atom stereocenters. The predicted octanol–water partition coefficient (Wildman–Crippen LogP) is 4.77. The first kappa shape index (κ1) is 23.8. The molecule has 1 fully saturated rings. The van der Waals surface area contributed by atoms with Gasteiger partial charge in [-0.2, -0.15) is 0 Å². The third-order valence-corrected chi connectivity index (χ3v) is 5.63. The van der Waals surface area contributed by atoms with E-state index in [0.717, 1.165) is 0 Å². The predicted molar refractivity (Wildman–Crippen MR) is 123 cm³/mol. The van der Waals surface area contributed by atoms with Crippen molar-refractivity contribution >= 4 is 40.8 Å². The van der Waals surface area contributed by atoms with E-state index in [0.29, 0.717) is 16.6 Å². The molecular formula is C24H27ClN2O5. The average Bonchev–Trinajstić information content (AvgIpc) is 2.80. The summed E-state index contributed by atoms with van der Waals surface area (Å²) in [4.78, 5) is 36.1. The highest BCUT2D eigenvalue weighted by Gasteiger charge is 2.16. The Bertz CT molecular complexity index is 955. The molecule has 2 aromatic carbocycles. The zero-order valence-corrected chi connectivity index (χ0v) is 18.7. The lowest BCUT2D eigenvalue weighted by molar-refractivity contribution is -0.125. The van der Waals surface area contributed by atoms with Crippen LogP contribution >= 0.6 is 11.6 Å². The fourth-order valence-electron chi connectivity index (χ4n) is 3.80. The zero-order valence-electron chi connectivity index (χ0n) is 18.0. The molecule has 2 N–H and O–H groups in total. The van der Waals surface area contributed by atoms with Gasteiger partial charge in [-0.1, -0.05) is 43.0 Å². The maximum atomic E-state index is 12.1. The van der Waals surface area contributed by atoms with E-state index < -0.39 is 11.9 Å². The molecule has 8 heteroatoms. The van der Waals surface area contributed by atoms with E-state index in [-0.39, 0.29) is 30.4 Å². The number of hydrogen-bond donors (Lipinski definition) is 2. The van der Waals surface area contributed by atoms with Crippen LogP contribution in [0.3, 0.4) is 0 Å². The van der Waals surface area contributed by atoms with Crippen LogP contribution < -0.4 is 10.6 Å². The fraction of sp³-hybridized carbons (Fsp3) is 0.375. The van der Waals surface area contributed by atoms with E-state index >= 15 is 0 Å². The average molecular weight is 459 g/mol. The van der Waals surface area contributed by atoms with Gasteiger partial charge in [0.05, 0.1) is 18.4 Å². The molecule has 0 saturated heterocycles. The molecule has 7 nitrogen and oxygen atoms in total. The molecule has 0 atom stereocenters. The Kier molecular flexibility index (Phi) is 8.64. The molecule has 32 heavy (non-hydrogen) atoms. The third kappa shape index (κ3) is 6.80. The van der Waals surface area contributed by atoms with Gasteiger partial charge in [0, 0.05) is 10.7 Å². The Balaban J connectivity index is 1.44. The second-order valence-electron chi connectivity index (χ2n) is 7.73. The van der Waals surface area contributed by atoms with Crippen LogP contribution in [0.1, 0.15) is 53.9 Å². The summed E-state index contributed by atoms with van der Waals surface area (Å²) < 4.78 is 9.90. The van der Waals surface area contributed by atoms with Crippen LogP contribution in [-0.2, 0) is 19.1 Å². The van der Waals surface area contributed by atoms with Crippen molar-refractivity contribution in [1.82, 2.24) is 0 Å². The summed E-state index contributed by atoms with van der Waals surface area (Å²) in [5.74, 6) is -0.889. The highest BCUT2D eigenvalue weighted by molar-refractivity contribution is 6.31. The second-order valence-corrected chi connectivity index (χ2v) is 8.16. The molecule has 0 aromatic heterocycles. The van der Waals surface area contributed by atoms with Crippen molar-refractivity contribution in [3.05, 3.63) is 58.6 Å². The Labute approximate surface area is 192 Å². The lowest BCUT2D eigenvalue weighted by atomic mass is 9.84.